The molecule has 0 aromatic heterocycles. The molecular formula is C9H8Cl2N2S. The van der Waals surface area contributed by atoms with E-state index >= 15 is 0 Å². The van der Waals surface area contributed by atoms with Crippen LogP contribution in [-0.2, 0) is 0 Å². The van der Waals surface area contributed by atoms with Gasteiger partial charge in [-0.15, -0.1) is 0 Å². The molecule has 0 fully saturated rings. The van der Waals surface area contributed by atoms with Gasteiger partial charge >= 0.3 is 0 Å². The van der Waals surface area contributed by atoms with E-state index in [-0.39, 0.29) is 0 Å². The van der Waals surface area contributed by atoms with Crippen LogP contribution in [0.4, 0.5) is 5.69 Å². The Kier molecular flexibility index (Phi) is 3.21. The highest BCUT2D eigenvalue weighted by molar-refractivity contribution is 8.14. The van der Waals surface area contributed by atoms with E-state index in [0.29, 0.717) is 10.0 Å². The maximum absolute atomic E-state index is 6.00. The minimum absolute atomic E-state index is 0.618. The van der Waals surface area contributed by atoms with Crippen LogP contribution in [0.1, 0.15) is 0 Å². The van der Waals surface area contributed by atoms with Gasteiger partial charge in [-0.05, 0) is 12.1 Å². The molecule has 0 saturated heterocycles. The number of anilines is 1. The van der Waals surface area contributed by atoms with Crippen molar-refractivity contribution in [3.63, 3.8) is 0 Å². The molecule has 0 aliphatic carbocycles. The molecule has 0 spiro atoms. The van der Waals surface area contributed by atoms with Gasteiger partial charge < -0.3 is 5.32 Å². The molecule has 1 N–H and O–H groups in total. The summed E-state index contributed by atoms with van der Waals surface area (Å²) in [5, 5.41) is 5.25. The van der Waals surface area contributed by atoms with Gasteiger partial charge in [0.15, 0.2) is 5.17 Å². The monoisotopic (exact) mass is 246 g/mol. The molecule has 0 unspecified atom stereocenters. The van der Waals surface area contributed by atoms with Gasteiger partial charge in [-0.3, -0.25) is 4.99 Å². The molecule has 0 amide bonds. The fraction of sp³-hybridized carbons (Fsp3) is 0.222. The summed E-state index contributed by atoms with van der Waals surface area (Å²) >= 11 is 13.7. The van der Waals surface area contributed by atoms with Crippen LogP contribution in [0.15, 0.2) is 23.2 Å². The maximum atomic E-state index is 6.00. The van der Waals surface area contributed by atoms with Gasteiger partial charge in [0.05, 0.1) is 22.3 Å². The van der Waals surface area contributed by atoms with E-state index in [1.54, 1.807) is 23.9 Å². The fourth-order valence-corrected chi connectivity index (χ4v) is 2.36. The predicted octanol–water partition coefficient (Wildman–Crippen LogP) is 3.51. The first-order valence-electron chi connectivity index (χ1n) is 4.15. The zero-order chi connectivity index (χ0) is 9.97. The number of aliphatic imine (C=N–C) groups is 1. The maximum Gasteiger partial charge on any atom is 0.161 e. The number of hydrogen-bond donors (Lipinski definition) is 1. The smallest absolute Gasteiger partial charge is 0.161 e. The van der Waals surface area contributed by atoms with Gasteiger partial charge in [0, 0.05) is 5.75 Å². The average molecular weight is 247 g/mol. The highest BCUT2D eigenvalue weighted by Gasteiger charge is 2.11. The largest absolute Gasteiger partial charge is 0.333 e. The van der Waals surface area contributed by atoms with E-state index in [0.717, 1.165) is 23.2 Å². The number of halogens is 2. The van der Waals surface area contributed by atoms with E-state index < -0.39 is 0 Å². The summed E-state index contributed by atoms with van der Waals surface area (Å²) < 4.78 is 0. The number of nitrogens with zero attached hydrogens (tertiary/aromatic N) is 1. The van der Waals surface area contributed by atoms with Crippen LogP contribution in [0.25, 0.3) is 0 Å². The minimum Gasteiger partial charge on any atom is -0.333 e. The number of thioether (sulfide) groups is 1. The molecule has 1 aliphatic rings. The van der Waals surface area contributed by atoms with Crippen molar-refractivity contribution in [3.05, 3.63) is 28.2 Å². The second kappa shape index (κ2) is 4.43. The van der Waals surface area contributed by atoms with Gasteiger partial charge in [-0.1, -0.05) is 41.0 Å². The van der Waals surface area contributed by atoms with Crippen molar-refractivity contribution in [1.82, 2.24) is 0 Å². The van der Waals surface area contributed by atoms with Crippen LogP contribution in [0.5, 0.6) is 0 Å². The third-order valence-corrected chi connectivity index (χ3v) is 3.30. The van der Waals surface area contributed by atoms with Crippen LogP contribution < -0.4 is 5.32 Å². The summed E-state index contributed by atoms with van der Waals surface area (Å²) in [5.41, 5.74) is 0.740. The fourth-order valence-electron chi connectivity index (χ4n) is 1.13. The molecule has 2 nitrogen and oxygen atoms in total. The standard InChI is InChI=1S/C9H8Cl2N2S/c10-6-2-1-3-7(11)8(6)13-9-12-4-5-14-9/h1-3H,4-5H2,(H,12,13). The zero-order valence-corrected chi connectivity index (χ0v) is 9.59. The Labute approximate surface area is 96.7 Å². The highest BCUT2D eigenvalue weighted by atomic mass is 35.5. The molecular weight excluding hydrogens is 239 g/mol. The molecule has 2 rings (SSSR count). The number of amidine groups is 1. The van der Waals surface area contributed by atoms with Crippen LogP contribution in [-0.4, -0.2) is 17.5 Å². The molecule has 5 heteroatoms. The first-order valence-corrected chi connectivity index (χ1v) is 5.90. The molecule has 1 aromatic carbocycles. The van der Waals surface area contributed by atoms with Crippen LogP contribution in [0, 0.1) is 0 Å². The molecule has 0 saturated carbocycles. The normalized spacial score (nSPS) is 15.4. The van der Waals surface area contributed by atoms with E-state index in [2.05, 4.69) is 10.3 Å². The van der Waals surface area contributed by atoms with Gasteiger partial charge in [-0.2, -0.15) is 0 Å². The summed E-state index contributed by atoms with van der Waals surface area (Å²) in [5.74, 6) is 1.02. The average Bonchev–Trinajstić information content (AvgIpc) is 2.64. The Morgan fingerprint density at radius 3 is 2.57 bits per heavy atom. The van der Waals surface area contributed by atoms with E-state index in [9.17, 15) is 0 Å². The van der Waals surface area contributed by atoms with Crippen LogP contribution in [0.2, 0.25) is 10.0 Å². The van der Waals surface area contributed by atoms with Crippen molar-refractivity contribution in [1.29, 1.82) is 0 Å². The van der Waals surface area contributed by atoms with Crippen molar-refractivity contribution >= 4 is 45.8 Å². The van der Waals surface area contributed by atoms with E-state index in [1.807, 2.05) is 6.07 Å². The Balaban J connectivity index is 2.23. The highest BCUT2D eigenvalue weighted by Crippen LogP contribution is 2.31. The second-order valence-electron chi connectivity index (χ2n) is 2.76. The summed E-state index contributed by atoms with van der Waals surface area (Å²) in [7, 11) is 0. The van der Waals surface area contributed by atoms with Crippen molar-refractivity contribution in [2.75, 3.05) is 17.6 Å². The van der Waals surface area contributed by atoms with Crippen molar-refractivity contribution in [2.45, 2.75) is 0 Å². The summed E-state index contributed by atoms with van der Waals surface area (Å²) in [4.78, 5) is 4.26. The van der Waals surface area contributed by atoms with Crippen molar-refractivity contribution in [3.8, 4) is 0 Å². The van der Waals surface area contributed by atoms with Gasteiger partial charge in [0.1, 0.15) is 0 Å². The zero-order valence-electron chi connectivity index (χ0n) is 7.26. The Morgan fingerprint density at radius 1 is 1.29 bits per heavy atom. The van der Waals surface area contributed by atoms with E-state index in [1.165, 1.54) is 0 Å². The Morgan fingerprint density at radius 2 is 2.00 bits per heavy atom. The van der Waals surface area contributed by atoms with Gasteiger partial charge in [0.2, 0.25) is 0 Å². The molecule has 1 aliphatic heterocycles. The van der Waals surface area contributed by atoms with Crippen molar-refractivity contribution < 1.29 is 0 Å². The van der Waals surface area contributed by atoms with Gasteiger partial charge in [-0.25, -0.2) is 0 Å². The number of para-hydroxylation sites is 1. The molecule has 1 heterocycles. The number of hydrogen-bond acceptors (Lipinski definition) is 3. The molecule has 74 valence electrons. The molecule has 0 atom stereocenters. The lowest BCUT2D eigenvalue weighted by molar-refractivity contribution is 1.17. The summed E-state index contributed by atoms with van der Waals surface area (Å²) in [6.07, 6.45) is 0. The summed E-state index contributed by atoms with van der Waals surface area (Å²) in [6, 6.07) is 5.42. The van der Waals surface area contributed by atoms with Crippen LogP contribution in [0.3, 0.4) is 0 Å². The predicted molar refractivity (Wildman–Crippen MR) is 64.8 cm³/mol. The second-order valence-corrected chi connectivity index (χ2v) is 4.66. The lowest BCUT2D eigenvalue weighted by Crippen LogP contribution is -2.05. The first kappa shape index (κ1) is 10.1. The topological polar surface area (TPSA) is 24.4 Å². The number of nitrogens with one attached hydrogen (secondary N) is 1. The third-order valence-electron chi connectivity index (χ3n) is 1.78. The molecule has 0 radical (unpaired) electrons. The lowest BCUT2D eigenvalue weighted by atomic mass is 10.3. The first-order chi connectivity index (χ1) is 6.77. The quantitative estimate of drug-likeness (QED) is 0.821. The van der Waals surface area contributed by atoms with Crippen LogP contribution >= 0.6 is 35.0 Å². The molecule has 14 heavy (non-hydrogen) atoms. The number of rotatable bonds is 1. The Bertz CT molecular complexity index is 359. The van der Waals surface area contributed by atoms with E-state index in [4.69, 9.17) is 23.2 Å². The summed E-state index contributed by atoms with van der Waals surface area (Å²) in [6.45, 7) is 0.856. The lowest BCUT2D eigenvalue weighted by Gasteiger charge is -2.08. The Hall–Kier alpha value is -0.380. The third kappa shape index (κ3) is 2.16. The minimum atomic E-state index is 0.618. The van der Waals surface area contributed by atoms with Crippen molar-refractivity contribution in [2.24, 2.45) is 4.99 Å². The molecule has 1 aromatic rings. The molecule has 0 bridgehead atoms. The SMILES string of the molecule is Clc1cccc(Cl)c1NC1=NCCS1. The van der Waals surface area contributed by atoms with Gasteiger partial charge in [0.25, 0.3) is 0 Å². The number of benzene rings is 1.